The molecule has 1 saturated heterocycles. The highest BCUT2D eigenvalue weighted by molar-refractivity contribution is 5.83. The third-order valence-corrected chi connectivity index (χ3v) is 4.89. The van der Waals surface area contributed by atoms with Crippen LogP contribution in [0.5, 0.6) is 0 Å². The number of amides is 1. The van der Waals surface area contributed by atoms with Crippen molar-refractivity contribution in [1.29, 1.82) is 0 Å². The average Bonchev–Trinajstić information content (AvgIpc) is 3.10. The van der Waals surface area contributed by atoms with Crippen LogP contribution in [0.3, 0.4) is 0 Å². The van der Waals surface area contributed by atoms with Gasteiger partial charge < -0.3 is 14.4 Å². The van der Waals surface area contributed by atoms with Gasteiger partial charge in [0, 0.05) is 44.0 Å². The highest BCUT2D eigenvalue weighted by Crippen LogP contribution is 2.29. The number of aromatic nitrogens is 3. The summed E-state index contributed by atoms with van der Waals surface area (Å²) in [5, 5.41) is 1.07. The number of para-hydroxylation sites is 1. The lowest BCUT2D eigenvalue weighted by molar-refractivity contribution is -0.141. The van der Waals surface area contributed by atoms with Crippen molar-refractivity contribution >= 4 is 22.6 Å². The van der Waals surface area contributed by atoms with Gasteiger partial charge in [0.1, 0.15) is 24.4 Å². The minimum absolute atomic E-state index is 0.0142. The number of rotatable bonds is 3. The van der Waals surface area contributed by atoms with Gasteiger partial charge in [0.25, 0.3) is 0 Å². The van der Waals surface area contributed by atoms with Gasteiger partial charge in [-0.15, -0.1) is 0 Å². The lowest BCUT2D eigenvalue weighted by atomic mass is 10.2. The minimum atomic E-state index is -4.50. The van der Waals surface area contributed by atoms with Gasteiger partial charge in [0.2, 0.25) is 5.91 Å². The van der Waals surface area contributed by atoms with Gasteiger partial charge in [-0.2, -0.15) is 13.2 Å². The van der Waals surface area contributed by atoms with Crippen LogP contribution in [0.2, 0.25) is 0 Å². The molecule has 1 aromatic carbocycles. The van der Waals surface area contributed by atoms with Crippen molar-refractivity contribution < 1.29 is 18.0 Å². The molecule has 3 heterocycles. The van der Waals surface area contributed by atoms with E-state index in [4.69, 9.17) is 0 Å². The topological polar surface area (TPSA) is 54.3 Å². The van der Waals surface area contributed by atoms with E-state index < -0.39 is 11.9 Å². The van der Waals surface area contributed by atoms with E-state index in [0.717, 1.165) is 23.3 Å². The number of fused-ring (bicyclic) bond motifs is 1. The molecule has 28 heavy (non-hydrogen) atoms. The Morgan fingerprint density at radius 3 is 2.54 bits per heavy atom. The zero-order chi connectivity index (χ0) is 19.7. The Hall–Kier alpha value is -3.10. The van der Waals surface area contributed by atoms with Crippen LogP contribution in [0.1, 0.15) is 5.69 Å². The average molecular weight is 389 g/mol. The summed E-state index contributed by atoms with van der Waals surface area (Å²) < 4.78 is 40.4. The zero-order valence-corrected chi connectivity index (χ0v) is 14.9. The molecule has 0 radical (unpaired) electrons. The molecule has 1 aliphatic heterocycles. The summed E-state index contributed by atoms with van der Waals surface area (Å²) >= 11 is 0. The van der Waals surface area contributed by atoms with Crippen LogP contribution in [-0.2, 0) is 17.5 Å². The molecule has 9 heteroatoms. The summed E-state index contributed by atoms with van der Waals surface area (Å²) in [5.74, 6) is 0.213. The molecule has 0 unspecified atom stereocenters. The van der Waals surface area contributed by atoms with E-state index in [9.17, 15) is 18.0 Å². The number of hydrogen-bond donors (Lipinski definition) is 0. The number of anilines is 1. The predicted octanol–water partition coefficient (Wildman–Crippen LogP) is 2.80. The molecule has 0 bridgehead atoms. The summed E-state index contributed by atoms with van der Waals surface area (Å²) in [6.07, 6.45) is -1.69. The van der Waals surface area contributed by atoms with Crippen molar-refractivity contribution in [3.05, 3.63) is 54.6 Å². The van der Waals surface area contributed by atoms with E-state index >= 15 is 0 Å². The number of carbonyl (C=O) groups is 1. The van der Waals surface area contributed by atoms with Crippen molar-refractivity contribution in [2.24, 2.45) is 0 Å². The first-order valence-corrected chi connectivity index (χ1v) is 8.88. The quantitative estimate of drug-likeness (QED) is 0.691. The summed E-state index contributed by atoms with van der Waals surface area (Å²) in [7, 11) is 0. The summed E-state index contributed by atoms with van der Waals surface area (Å²) in [4.78, 5) is 23.4. The largest absolute Gasteiger partial charge is 0.433 e. The SMILES string of the molecule is O=C(Cn1ccc2ccccc21)N1CCN(c2cc(C(F)(F)F)ncn2)CC1. The Bertz CT molecular complexity index is 992. The molecule has 1 fully saturated rings. The van der Waals surface area contributed by atoms with Gasteiger partial charge in [-0.1, -0.05) is 18.2 Å². The Morgan fingerprint density at radius 1 is 1.04 bits per heavy atom. The fourth-order valence-corrected chi connectivity index (χ4v) is 3.38. The monoisotopic (exact) mass is 389 g/mol. The van der Waals surface area contributed by atoms with E-state index in [1.165, 1.54) is 0 Å². The fourth-order valence-electron chi connectivity index (χ4n) is 3.38. The molecule has 0 spiro atoms. The van der Waals surface area contributed by atoms with Crippen LogP contribution in [0, 0.1) is 0 Å². The molecule has 0 N–H and O–H groups in total. The Balaban J connectivity index is 1.39. The molecule has 4 rings (SSSR count). The molecule has 0 atom stereocenters. The van der Waals surface area contributed by atoms with Crippen molar-refractivity contribution in [3.63, 3.8) is 0 Å². The van der Waals surface area contributed by atoms with E-state index in [-0.39, 0.29) is 18.3 Å². The fraction of sp³-hybridized carbons (Fsp3) is 0.316. The Morgan fingerprint density at radius 2 is 1.79 bits per heavy atom. The molecule has 0 aliphatic carbocycles. The van der Waals surface area contributed by atoms with E-state index in [2.05, 4.69) is 9.97 Å². The van der Waals surface area contributed by atoms with E-state index in [1.54, 1.807) is 9.80 Å². The van der Waals surface area contributed by atoms with Gasteiger partial charge in [-0.05, 0) is 17.5 Å². The second kappa shape index (κ2) is 7.14. The number of alkyl halides is 3. The second-order valence-electron chi connectivity index (χ2n) is 6.63. The summed E-state index contributed by atoms with van der Waals surface area (Å²) in [5.41, 5.74) is 0.0330. The van der Waals surface area contributed by atoms with Crippen molar-refractivity contribution in [3.8, 4) is 0 Å². The lowest BCUT2D eigenvalue weighted by Crippen LogP contribution is -2.49. The van der Waals surface area contributed by atoms with Gasteiger partial charge in [0.15, 0.2) is 0 Å². The molecule has 0 saturated carbocycles. The number of nitrogens with zero attached hydrogens (tertiary/aromatic N) is 5. The first-order chi connectivity index (χ1) is 13.4. The number of carbonyl (C=O) groups excluding carboxylic acids is 1. The molecule has 1 amide bonds. The summed E-state index contributed by atoms with van der Waals surface area (Å²) in [6, 6.07) is 10.8. The van der Waals surface area contributed by atoms with Crippen LogP contribution < -0.4 is 4.90 Å². The number of benzene rings is 1. The highest BCUT2D eigenvalue weighted by atomic mass is 19.4. The number of halogens is 3. The van der Waals surface area contributed by atoms with Gasteiger partial charge >= 0.3 is 6.18 Å². The minimum Gasteiger partial charge on any atom is -0.353 e. The van der Waals surface area contributed by atoms with Gasteiger partial charge in [0.05, 0.1) is 0 Å². The van der Waals surface area contributed by atoms with Crippen molar-refractivity contribution in [1.82, 2.24) is 19.4 Å². The smallest absolute Gasteiger partial charge is 0.353 e. The molecule has 2 aromatic heterocycles. The van der Waals surface area contributed by atoms with Gasteiger partial charge in [-0.25, -0.2) is 9.97 Å². The maximum Gasteiger partial charge on any atom is 0.433 e. The van der Waals surface area contributed by atoms with Crippen molar-refractivity contribution in [2.45, 2.75) is 12.7 Å². The standard InChI is InChI=1S/C19H18F3N5O/c20-19(21,22)16-11-17(24-13-23-16)25-7-9-26(10-8-25)18(28)12-27-6-5-14-3-1-2-4-15(14)27/h1-6,11,13H,7-10,12H2. The van der Waals surface area contributed by atoms with Crippen molar-refractivity contribution in [2.75, 3.05) is 31.1 Å². The number of hydrogen-bond acceptors (Lipinski definition) is 4. The van der Waals surface area contributed by atoms with E-state index in [0.29, 0.717) is 26.2 Å². The molecular formula is C19H18F3N5O. The zero-order valence-electron chi connectivity index (χ0n) is 14.9. The molecule has 146 valence electrons. The Labute approximate surface area is 159 Å². The van der Waals surface area contributed by atoms with E-state index in [1.807, 2.05) is 41.1 Å². The third kappa shape index (κ3) is 3.64. The molecule has 3 aromatic rings. The van der Waals surface area contributed by atoms with Crippen LogP contribution in [0.15, 0.2) is 48.9 Å². The third-order valence-electron chi connectivity index (χ3n) is 4.89. The lowest BCUT2D eigenvalue weighted by Gasteiger charge is -2.35. The summed E-state index contributed by atoms with van der Waals surface area (Å²) in [6.45, 7) is 1.95. The molecular weight excluding hydrogens is 371 g/mol. The predicted molar refractivity (Wildman–Crippen MR) is 97.8 cm³/mol. The number of piperazine rings is 1. The van der Waals surface area contributed by atoms with Crippen LogP contribution >= 0.6 is 0 Å². The normalized spacial score (nSPS) is 15.2. The van der Waals surface area contributed by atoms with Crippen LogP contribution in [-0.4, -0.2) is 51.5 Å². The maximum atomic E-state index is 12.8. The Kier molecular flexibility index (Phi) is 4.66. The molecule has 1 aliphatic rings. The molecule has 6 nitrogen and oxygen atoms in total. The van der Waals surface area contributed by atoms with Crippen LogP contribution in [0.25, 0.3) is 10.9 Å². The highest BCUT2D eigenvalue weighted by Gasteiger charge is 2.33. The first kappa shape index (κ1) is 18.3. The first-order valence-electron chi connectivity index (χ1n) is 8.88. The maximum absolute atomic E-state index is 12.8. The van der Waals surface area contributed by atoms with Gasteiger partial charge in [-0.3, -0.25) is 4.79 Å². The second-order valence-corrected chi connectivity index (χ2v) is 6.63. The van der Waals surface area contributed by atoms with Crippen LogP contribution in [0.4, 0.5) is 19.0 Å².